The van der Waals surface area contributed by atoms with E-state index in [1.165, 1.54) is 16.5 Å². The SMILES string of the molecule is COC(O)(Cc1nnnn1-c1cccnc1)c1nnnn1-c1ccccn1. The van der Waals surface area contributed by atoms with E-state index in [9.17, 15) is 5.11 Å². The fourth-order valence-corrected chi connectivity index (χ4v) is 2.52. The van der Waals surface area contributed by atoms with Gasteiger partial charge in [0.25, 0.3) is 0 Å². The molecule has 0 aliphatic rings. The highest BCUT2D eigenvalue weighted by Crippen LogP contribution is 2.25. The van der Waals surface area contributed by atoms with Gasteiger partial charge in [-0.05, 0) is 45.1 Å². The minimum Gasteiger partial charge on any atom is -0.359 e. The predicted molar refractivity (Wildman–Crippen MR) is 88.5 cm³/mol. The van der Waals surface area contributed by atoms with Crippen LogP contribution in [0.5, 0.6) is 0 Å². The third-order valence-corrected chi connectivity index (χ3v) is 3.85. The number of aliphatic hydroxyl groups is 1. The van der Waals surface area contributed by atoms with Gasteiger partial charge in [-0.1, -0.05) is 6.07 Å². The molecule has 0 saturated heterocycles. The molecule has 0 bridgehead atoms. The van der Waals surface area contributed by atoms with E-state index in [1.54, 1.807) is 48.9 Å². The van der Waals surface area contributed by atoms with Crippen molar-refractivity contribution in [2.45, 2.75) is 12.2 Å². The van der Waals surface area contributed by atoms with Gasteiger partial charge in [-0.15, -0.1) is 10.2 Å². The molecule has 4 aromatic heterocycles. The van der Waals surface area contributed by atoms with E-state index in [0.29, 0.717) is 17.3 Å². The molecule has 4 heterocycles. The topological polar surface area (TPSA) is 142 Å². The van der Waals surface area contributed by atoms with E-state index in [2.05, 4.69) is 41.0 Å². The second-order valence-corrected chi connectivity index (χ2v) is 5.49. The van der Waals surface area contributed by atoms with Crippen molar-refractivity contribution in [3.63, 3.8) is 0 Å². The zero-order chi connectivity index (χ0) is 18.7. The first kappa shape index (κ1) is 16.8. The summed E-state index contributed by atoms with van der Waals surface area (Å²) in [4.78, 5) is 8.24. The number of rotatable bonds is 6. The van der Waals surface area contributed by atoms with Crippen molar-refractivity contribution in [2.24, 2.45) is 0 Å². The maximum Gasteiger partial charge on any atom is 0.237 e. The molecule has 12 nitrogen and oxygen atoms in total. The maximum atomic E-state index is 11.1. The van der Waals surface area contributed by atoms with Gasteiger partial charge in [0.2, 0.25) is 11.6 Å². The highest BCUT2D eigenvalue weighted by atomic mass is 16.6. The molecule has 0 aliphatic carbocycles. The number of pyridine rings is 2. The standard InChI is InChI=1S/C15H14N10O2/c1-27-15(26,14-19-21-23-25(14)12-6-2-3-8-17-12)9-13-18-20-22-24(13)11-5-4-7-16-10-11/h2-8,10,26H,9H2,1H3. The molecule has 0 radical (unpaired) electrons. The molecule has 27 heavy (non-hydrogen) atoms. The van der Waals surface area contributed by atoms with Crippen molar-refractivity contribution in [3.8, 4) is 11.5 Å². The Labute approximate surface area is 152 Å². The highest BCUT2D eigenvalue weighted by molar-refractivity contribution is 5.27. The lowest BCUT2D eigenvalue weighted by Crippen LogP contribution is -2.35. The monoisotopic (exact) mass is 366 g/mol. The van der Waals surface area contributed by atoms with E-state index in [4.69, 9.17) is 4.74 Å². The fourth-order valence-electron chi connectivity index (χ4n) is 2.52. The quantitative estimate of drug-likeness (QED) is 0.442. The summed E-state index contributed by atoms with van der Waals surface area (Å²) in [6.45, 7) is 0. The van der Waals surface area contributed by atoms with Crippen LogP contribution in [-0.4, -0.2) is 62.6 Å². The summed E-state index contributed by atoms with van der Waals surface area (Å²) in [6.07, 6.45) is 4.72. The van der Waals surface area contributed by atoms with Crippen LogP contribution in [0.3, 0.4) is 0 Å². The zero-order valence-electron chi connectivity index (χ0n) is 14.2. The summed E-state index contributed by atoms with van der Waals surface area (Å²) in [6, 6.07) is 8.79. The van der Waals surface area contributed by atoms with Crippen LogP contribution in [0.2, 0.25) is 0 Å². The molecule has 1 atom stereocenters. The number of methoxy groups -OCH3 is 1. The fraction of sp³-hybridized carbons (Fsp3) is 0.200. The lowest BCUT2D eigenvalue weighted by molar-refractivity contribution is -0.201. The molecule has 0 amide bonds. The Morgan fingerprint density at radius 3 is 2.63 bits per heavy atom. The first-order valence-corrected chi connectivity index (χ1v) is 7.87. The van der Waals surface area contributed by atoms with Crippen molar-refractivity contribution >= 4 is 0 Å². The molecular weight excluding hydrogens is 352 g/mol. The highest BCUT2D eigenvalue weighted by Gasteiger charge is 2.38. The minimum atomic E-state index is -1.89. The summed E-state index contributed by atoms with van der Waals surface area (Å²) >= 11 is 0. The molecule has 12 heteroatoms. The molecule has 0 fully saturated rings. The second kappa shape index (κ2) is 6.93. The van der Waals surface area contributed by atoms with Gasteiger partial charge in [0.05, 0.1) is 18.3 Å². The van der Waals surface area contributed by atoms with Crippen molar-refractivity contribution in [1.29, 1.82) is 0 Å². The van der Waals surface area contributed by atoms with E-state index in [-0.39, 0.29) is 12.2 Å². The van der Waals surface area contributed by atoms with Crippen LogP contribution in [0.15, 0.2) is 48.9 Å². The molecule has 4 aromatic rings. The third-order valence-electron chi connectivity index (χ3n) is 3.85. The molecule has 0 saturated carbocycles. The molecule has 136 valence electrons. The van der Waals surface area contributed by atoms with Crippen LogP contribution in [-0.2, 0) is 16.9 Å². The number of tetrazole rings is 2. The van der Waals surface area contributed by atoms with Crippen LogP contribution >= 0.6 is 0 Å². The van der Waals surface area contributed by atoms with Gasteiger partial charge in [-0.2, -0.15) is 9.36 Å². The summed E-state index contributed by atoms with van der Waals surface area (Å²) < 4.78 is 8.09. The molecule has 0 aliphatic heterocycles. The van der Waals surface area contributed by atoms with E-state index in [0.717, 1.165) is 0 Å². The zero-order valence-corrected chi connectivity index (χ0v) is 14.2. The van der Waals surface area contributed by atoms with Gasteiger partial charge in [0.1, 0.15) is 0 Å². The van der Waals surface area contributed by atoms with E-state index >= 15 is 0 Å². The molecule has 1 N–H and O–H groups in total. The molecular formula is C15H14N10O2. The molecule has 4 rings (SSSR count). The second-order valence-electron chi connectivity index (χ2n) is 5.49. The van der Waals surface area contributed by atoms with E-state index < -0.39 is 5.79 Å². The Morgan fingerprint density at radius 1 is 1.04 bits per heavy atom. The normalized spacial score (nSPS) is 13.4. The first-order valence-electron chi connectivity index (χ1n) is 7.87. The predicted octanol–water partition coefficient (Wildman–Crippen LogP) is -0.538. The van der Waals surface area contributed by atoms with Crippen molar-refractivity contribution < 1.29 is 9.84 Å². The van der Waals surface area contributed by atoms with Crippen molar-refractivity contribution in [3.05, 3.63) is 60.6 Å². The summed E-state index contributed by atoms with van der Waals surface area (Å²) in [5.41, 5.74) is 0.639. The van der Waals surface area contributed by atoms with Gasteiger partial charge < -0.3 is 9.84 Å². The number of aromatic nitrogens is 10. The van der Waals surface area contributed by atoms with Crippen molar-refractivity contribution in [1.82, 2.24) is 50.4 Å². The Morgan fingerprint density at radius 2 is 1.89 bits per heavy atom. The van der Waals surface area contributed by atoms with Crippen LogP contribution in [0.1, 0.15) is 11.6 Å². The van der Waals surface area contributed by atoms with Crippen LogP contribution in [0.25, 0.3) is 11.5 Å². The first-order chi connectivity index (χ1) is 13.2. The van der Waals surface area contributed by atoms with E-state index in [1.807, 2.05) is 0 Å². The van der Waals surface area contributed by atoms with Gasteiger partial charge in [0.15, 0.2) is 11.6 Å². The lowest BCUT2D eigenvalue weighted by Gasteiger charge is -2.24. The summed E-state index contributed by atoms with van der Waals surface area (Å²) in [5.74, 6) is -1.08. The molecule has 0 spiro atoms. The van der Waals surface area contributed by atoms with Crippen LogP contribution in [0, 0.1) is 0 Å². The largest absolute Gasteiger partial charge is 0.359 e. The minimum absolute atomic E-state index is 0.0458. The average Bonchev–Trinajstić information content (AvgIpc) is 3.39. The van der Waals surface area contributed by atoms with Gasteiger partial charge in [-0.25, -0.2) is 4.98 Å². The number of nitrogens with zero attached hydrogens (tertiary/aromatic N) is 10. The lowest BCUT2D eigenvalue weighted by atomic mass is 10.1. The summed E-state index contributed by atoms with van der Waals surface area (Å²) in [7, 11) is 1.34. The van der Waals surface area contributed by atoms with Crippen molar-refractivity contribution in [2.75, 3.05) is 7.11 Å². The smallest absolute Gasteiger partial charge is 0.237 e. The maximum absolute atomic E-state index is 11.1. The Bertz CT molecular complexity index is 1020. The molecule has 0 aromatic carbocycles. The Hall–Kier alpha value is -3.64. The summed E-state index contributed by atoms with van der Waals surface area (Å²) in [5, 5.41) is 34.2. The number of hydrogen-bond donors (Lipinski definition) is 1. The third kappa shape index (κ3) is 3.14. The van der Waals surface area contributed by atoms with Gasteiger partial charge in [0, 0.05) is 19.5 Å². The van der Waals surface area contributed by atoms with Crippen LogP contribution < -0.4 is 0 Å². The Kier molecular flexibility index (Phi) is 4.32. The number of ether oxygens (including phenoxy) is 1. The van der Waals surface area contributed by atoms with Gasteiger partial charge >= 0.3 is 0 Å². The van der Waals surface area contributed by atoms with Gasteiger partial charge in [-0.3, -0.25) is 4.98 Å². The molecule has 1 unspecified atom stereocenters. The Balaban J connectivity index is 1.72. The van der Waals surface area contributed by atoms with Crippen LogP contribution in [0.4, 0.5) is 0 Å². The number of hydrogen-bond acceptors (Lipinski definition) is 10. The average molecular weight is 366 g/mol.